The molecule has 0 unspecified atom stereocenters. The molecule has 8 heteroatoms. The van der Waals surface area contributed by atoms with Crippen LogP contribution < -0.4 is 15.2 Å². The third kappa shape index (κ3) is 4.28. The summed E-state index contributed by atoms with van der Waals surface area (Å²) in [6, 6.07) is 10.5. The number of hydrogen-bond donors (Lipinski definition) is 3. The second-order valence-corrected chi connectivity index (χ2v) is 7.46. The largest absolute Gasteiger partial charge is 0.507 e. The Morgan fingerprint density at radius 3 is 2.64 bits per heavy atom. The molecule has 3 rings (SSSR count). The summed E-state index contributed by atoms with van der Waals surface area (Å²) in [5.41, 5.74) is 0.539. The van der Waals surface area contributed by atoms with Crippen molar-refractivity contribution in [2.75, 3.05) is 11.9 Å². The van der Waals surface area contributed by atoms with E-state index in [0.717, 1.165) is 25.0 Å². The molecule has 0 radical (unpaired) electrons. The summed E-state index contributed by atoms with van der Waals surface area (Å²) in [5.74, 6) is 0.0917. The maximum absolute atomic E-state index is 12.5. The lowest BCUT2D eigenvalue weighted by atomic mass is 10.2. The SMILES string of the molecule is NS(=O)(=O)c1cc(NC(=O)c2ccccc2OCC2CC2)ccc1O. The standard InChI is InChI=1S/C17H18N2O5S/c18-25(22,23)16-9-12(7-8-14(16)20)19-17(21)13-3-1-2-4-15(13)24-10-11-5-6-11/h1-4,7-9,11,20H,5-6,10H2,(H,19,21)(H2,18,22,23). The summed E-state index contributed by atoms with van der Waals surface area (Å²) in [5, 5.41) is 17.2. The molecule has 0 spiro atoms. The van der Waals surface area contributed by atoms with Gasteiger partial charge in [-0.05, 0) is 49.1 Å². The molecule has 1 fully saturated rings. The molecule has 132 valence electrons. The first kappa shape index (κ1) is 17.2. The summed E-state index contributed by atoms with van der Waals surface area (Å²) in [7, 11) is -4.10. The number of ether oxygens (including phenoxy) is 1. The molecule has 7 nitrogen and oxygen atoms in total. The number of hydrogen-bond acceptors (Lipinski definition) is 5. The van der Waals surface area contributed by atoms with E-state index in [-0.39, 0.29) is 5.69 Å². The van der Waals surface area contributed by atoms with Crippen molar-refractivity contribution < 1.29 is 23.1 Å². The van der Waals surface area contributed by atoms with Gasteiger partial charge < -0.3 is 15.2 Å². The molecule has 0 aromatic heterocycles. The van der Waals surface area contributed by atoms with Crippen LogP contribution in [0.25, 0.3) is 0 Å². The third-order valence-electron chi connectivity index (χ3n) is 3.83. The molecule has 1 amide bonds. The Morgan fingerprint density at radius 2 is 1.96 bits per heavy atom. The van der Waals surface area contributed by atoms with Gasteiger partial charge in [0.05, 0.1) is 12.2 Å². The van der Waals surface area contributed by atoms with Crippen molar-refractivity contribution in [1.29, 1.82) is 0 Å². The maximum atomic E-state index is 12.5. The van der Waals surface area contributed by atoms with Crippen molar-refractivity contribution in [3.8, 4) is 11.5 Å². The highest BCUT2D eigenvalue weighted by molar-refractivity contribution is 7.89. The lowest BCUT2D eigenvalue weighted by molar-refractivity contribution is 0.102. The van der Waals surface area contributed by atoms with Gasteiger partial charge in [0, 0.05) is 5.69 Å². The van der Waals surface area contributed by atoms with Crippen molar-refractivity contribution in [2.24, 2.45) is 11.1 Å². The molecule has 0 bridgehead atoms. The van der Waals surface area contributed by atoms with Crippen LogP contribution >= 0.6 is 0 Å². The van der Waals surface area contributed by atoms with Crippen molar-refractivity contribution in [3.63, 3.8) is 0 Å². The zero-order chi connectivity index (χ0) is 18.0. The van der Waals surface area contributed by atoms with Gasteiger partial charge in [-0.3, -0.25) is 4.79 Å². The Hall–Kier alpha value is -2.58. The number of phenolic OH excluding ortho intramolecular Hbond substituents is 1. The molecule has 0 aliphatic heterocycles. The van der Waals surface area contributed by atoms with Crippen LogP contribution in [-0.2, 0) is 10.0 Å². The number of aromatic hydroxyl groups is 1. The first-order valence-electron chi connectivity index (χ1n) is 7.73. The smallest absolute Gasteiger partial charge is 0.259 e. The average molecular weight is 362 g/mol. The molecule has 2 aromatic rings. The average Bonchev–Trinajstić information content (AvgIpc) is 3.38. The number of amides is 1. The fraction of sp³-hybridized carbons (Fsp3) is 0.235. The molecule has 25 heavy (non-hydrogen) atoms. The minimum atomic E-state index is -4.10. The number of benzene rings is 2. The Labute approximate surface area is 145 Å². The van der Waals surface area contributed by atoms with E-state index in [2.05, 4.69) is 5.32 Å². The van der Waals surface area contributed by atoms with Crippen LogP contribution in [0.4, 0.5) is 5.69 Å². The predicted molar refractivity (Wildman–Crippen MR) is 92.1 cm³/mol. The van der Waals surface area contributed by atoms with E-state index in [1.165, 1.54) is 6.07 Å². The lowest BCUT2D eigenvalue weighted by Crippen LogP contribution is -2.16. The minimum Gasteiger partial charge on any atom is -0.507 e. The van der Waals surface area contributed by atoms with Crippen LogP contribution in [0, 0.1) is 5.92 Å². The van der Waals surface area contributed by atoms with Crippen molar-refractivity contribution >= 4 is 21.6 Å². The molecule has 1 saturated carbocycles. The number of sulfonamides is 1. The van der Waals surface area contributed by atoms with Gasteiger partial charge in [-0.1, -0.05) is 12.1 Å². The van der Waals surface area contributed by atoms with E-state index < -0.39 is 26.6 Å². The Bertz CT molecular complexity index is 907. The first-order valence-corrected chi connectivity index (χ1v) is 9.28. The number of carbonyl (C=O) groups is 1. The van der Waals surface area contributed by atoms with Gasteiger partial charge in [-0.25, -0.2) is 13.6 Å². The molecule has 0 saturated heterocycles. The topological polar surface area (TPSA) is 119 Å². The minimum absolute atomic E-state index is 0.198. The quantitative estimate of drug-likeness (QED) is 0.680. The van der Waals surface area contributed by atoms with Gasteiger partial charge in [0.1, 0.15) is 16.4 Å². The Balaban J connectivity index is 1.80. The third-order valence-corrected chi connectivity index (χ3v) is 4.77. The van der Waals surface area contributed by atoms with E-state index in [4.69, 9.17) is 9.88 Å². The zero-order valence-corrected chi connectivity index (χ0v) is 14.1. The van der Waals surface area contributed by atoms with E-state index in [1.54, 1.807) is 24.3 Å². The van der Waals surface area contributed by atoms with Gasteiger partial charge in [0.2, 0.25) is 10.0 Å². The Morgan fingerprint density at radius 1 is 1.24 bits per heavy atom. The first-order chi connectivity index (χ1) is 11.8. The van der Waals surface area contributed by atoms with E-state index >= 15 is 0 Å². The number of primary sulfonamides is 1. The molecular formula is C17H18N2O5S. The number of carbonyl (C=O) groups excluding carboxylic acids is 1. The molecule has 1 aliphatic carbocycles. The number of phenols is 1. The van der Waals surface area contributed by atoms with Crippen LogP contribution in [0.1, 0.15) is 23.2 Å². The number of nitrogens with one attached hydrogen (secondary N) is 1. The lowest BCUT2D eigenvalue weighted by Gasteiger charge is -2.12. The molecule has 2 aromatic carbocycles. The van der Waals surface area contributed by atoms with Gasteiger partial charge in [-0.2, -0.15) is 0 Å². The highest BCUT2D eigenvalue weighted by atomic mass is 32.2. The number of para-hydroxylation sites is 1. The molecule has 1 aliphatic rings. The summed E-state index contributed by atoms with van der Waals surface area (Å²) >= 11 is 0. The number of nitrogens with two attached hydrogens (primary N) is 1. The van der Waals surface area contributed by atoms with E-state index in [1.807, 2.05) is 0 Å². The van der Waals surface area contributed by atoms with Gasteiger partial charge in [0.25, 0.3) is 5.91 Å². The summed E-state index contributed by atoms with van der Waals surface area (Å²) in [4.78, 5) is 12.1. The Kier molecular flexibility index (Phi) is 4.65. The van der Waals surface area contributed by atoms with Gasteiger partial charge in [-0.15, -0.1) is 0 Å². The van der Waals surface area contributed by atoms with Crippen molar-refractivity contribution in [2.45, 2.75) is 17.7 Å². The van der Waals surface area contributed by atoms with Gasteiger partial charge in [0.15, 0.2) is 0 Å². The monoisotopic (exact) mass is 362 g/mol. The van der Waals surface area contributed by atoms with Crippen LogP contribution in [0.15, 0.2) is 47.4 Å². The molecule has 0 heterocycles. The second kappa shape index (κ2) is 6.73. The summed E-state index contributed by atoms with van der Waals surface area (Å²) in [6.07, 6.45) is 2.27. The fourth-order valence-corrected chi connectivity index (χ4v) is 2.94. The fourth-order valence-electron chi connectivity index (χ4n) is 2.29. The summed E-state index contributed by atoms with van der Waals surface area (Å²) < 4.78 is 28.6. The second-order valence-electron chi connectivity index (χ2n) is 5.93. The molecular weight excluding hydrogens is 344 g/mol. The van der Waals surface area contributed by atoms with Crippen LogP contribution in [0.3, 0.4) is 0 Å². The normalized spacial score (nSPS) is 14.1. The maximum Gasteiger partial charge on any atom is 0.259 e. The molecule has 0 atom stereocenters. The van der Waals surface area contributed by atoms with Crippen molar-refractivity contribution in [3.05, 3.63) is 48.0 Å². The highest BCUT2D eigenvalue weighted by Gasteiger charge is 2.23. The zero-order valence-electron chi connectivity index (χ0n) is 13.3. The highest BCUT2D eigenvalue weighted by Crippen LogP contribution is 2.31. The predicted octanol–water partition coefficient (Wildman–Crippen LogP) is 2.08. The van der Waals surface area contributed by atoms with E-state index in [0.29, 0.717) is 23.8 Å². The van der Waals surface area contributed by atoms with E-state index in [9.17, 15) is 18.3 Å². The molecule has 4 N–H and O–H groups in total. The van der Waals surface area contributed by atoms with Crippen LogP contribution in [-0.4, -0.2) is 26.0 Å². The van der Waals surface area contributed by atoms with Crippen molar-refractivity contribution in [1.82, 2.24) is 0 Å². The summed E-state index contributed by atoms with van der Waals surface area (Å²) in [6.45, 7) is 0.569. The number of rotatable bonds is 6. The van der Waals surface area contributed by atoms with Crippen LogP contribution in [0.5, 0.6) is 11.5 Å². The number of anilines is 1. The van der Waals surface area contributed by atoms with Gasteiger partial charge >= 0.3 is 0 Å². The van der Waals surface area contributed by atoms with Crippen LogP contribution in [0.2, 0.25) is 0 Å².